The maximum absolute atomic E-state index is 6.07. The van der Waals surface area contributed by atoms with Gasteiger partial charge in [0.1, 0.15) is 0 Å². The van der Waals surface area contributed by atoms with E-state index in [1.807, 2.05) is 17.9 Å². The van der Waals surface area contributed by atoms with Gasteiger partial charge in [0.2, 0.25) is 0 Å². The molecule has 1 aliphatic heterocycles. The molecule has 3 heterocycles. The van der Waals surface area contributed by atoms with Crippen molar-refractivity contribution in [3.63, 3.8) is 0 Å². The van der Waals surface area contributed by atoms with Gasteiger partial charge in [0, 0.05) is 10.5 Å². The van der Waals surface area contributed by atoms with Crippen molar-refractivity contribution >= 4 is 17.8 Å². The fraction of sp³-hybridized carbons (Fsp3) is 0.409. The fourth-order valence-corrected chi connectivity index (χ4v) is 4.45. The minimum atomic E-state index is 0.254. The lowest BCUT2D eigenvalue weighted by Gasteiger charge is -2.28. The van der Waals surface area contributed by atoms with Crippen LogP contribution in [0.4, 0.5) is 5.82 Å². The molecular weight excluding hydrogens is 410 g/mol. The van der Waals surface area contributed by atoms with Gasteiger partial charge in [0.15, 0.2) is 11.6 Å². The topological polar surface area (TPSA) is 94.1 Å². The van der Waals surface area contributed by atoms with E-state index in [0.717, 1.165) is 36.4 Å². The molecule has 164 valence electrons. The van der Waals surface area contributed by atoms with Crippen LogP contribution in [0.3, 0.4) is 0 Å². The first-order valence-electron chi connectivity index (χ1n) is 10.4. The highest BCUT2D eigenvalue weighted by Crippen LogP contribution is 2.32. The van der Waals surface area contributed by atoms with Crippen molar-refractivity contribution in [2.75, 3.05) is 32.9 Å². The molecule has 1 aliphatic rings. The van der Waals surface area contributed by atoms with Gasteiger partial charge >= 0.3 is 0 Å². The van der Waals surface area contributed by atoms with Gasteiger partial charge in [-0.05, 0) is 89.1 Å². The van der Waals surface area contributed by atoms with E-state index in [-0.39, 0.29) is 5.82 Å². The standard InChI is InChI=1S/C22H29N7OS/c1-14-9-16(10-20(15(14)2)31-24-3)19-12-25-21(23)22(27-19)30-18-11-26-29(13-18)17-5-7-28(4)8-6-17/h9-13,17,24H,5-8H2,1-4H3,(H2,23,25). The number of hydrogen-bond donors (Lipinski definition) is 2. The van der Waals surface area contributed by atoms with Crippen molar-refractivity contribution in [2.24, 2.45) is 0 Å². The van der Waals surface area contributed by atoms with E-state index in [4.69, 9.17) is 10.5 Å². The van der Waals surface area contributed by atoms with E-state index in [2.05, 4.69) is 57.7 Å². The van der Waals surface area contributed by atoms with Crippen LogP contribution < -0.4 is 15.2 Å². The summed E-state index contributed by atoms with van der Waals surface area (Å²) in [6.45, 7) is 6.36. The zero-order chi connectivity index (χ0) is 22.0. The van der Waals surface area contributed by atoms with Crippen LogP contribution in [-0.2, 0) is 0 Å². The summed E-state index contributed by atoms with van der Waals surface area (Å²) >= 11 is 1.58. The summed E-state index contributed by atoms with van der Waals surface area (Å²) in [5, 5.41) is 4.50. The predicted octanol–water partition coefficient (Wildman–Crippen LogP) is 3.82. The van der Waals surface area contributed by atoms with Crippen LogP contribution >= 0.6 is 11.9 Å². The lowest BCUT2D eigenvalue weighted by molar-refractivity contribution is 0.212. The second-order valence-corrected chi connectivity index (χ2v) is 9.01. The maximum atomic E-state index is 6.07. The molecule has 0 radical (unpaired) electrons. The largest absolute Gasteiger partial charge is 0.433 e. The van der Waals surface area contributed by atoms with E-state index >= 15 is 0 Å². The van der Waals surface area contributed by atoms with Crippen LogP contribution in [0.5, 0.6) is 11.6 Å². The molecule has 0 bridgehead atoms. The Balaban J connectivity index is 1.57. The summed E-state index contributed by atoms with van der Waals surface area (Å²) in [5.41, 5.74) is 10.2. The number of nitrogens with one attached hydrogen (secondary N) is 1. The highest BCUT2D eigenvalue weighted by atomic mass is 32.2. The summed E-state index contributed by atoms with van der Waals surface area (Å²) in [5.74, 6) is 1.16. The van der Waals surface area contributed by atoms with Gasteiger partial charge in [-0.3, -0.25) is 9.40 Å². The maximum Gasteiger partial charge on any atom is 0.263 e. The molecule has 3 aromatic rings. The third kappa shape index (κ3) is 4.84. The van der Waals surface area contributed by atoms with Crippen LogP contribution in [0, 0.1) is 13.8 Å². The van der Waals surface area contributed by atoms with Gasteiger partial charge in [-0.2, -0.15) is 5.10 Å². The van der Waals surface area contributed by atoms with Gasteiger partial charge < -0.3 is 15.4 Å². The number of rotatable bonds is 6. The number of nitrogens with two attached hydrogens (primary N) is 1. The molecular formula is C22H29N7OS. The Kier molecular flexibility index (Phi) is 6.45. The summed E-state index contributed by atoms with van der Waals surface area (Å²) in [7, 11) is 4.06. The molecule has 1 fully saturated rings. The highest BCUT2D eigenvalue weighted by molar-refractivity contribution is 7.97. The van der Waals surface area contributed by atoms with E-state index in [1.54, 1.807) is 24.3 Å². The van der Waals surface area contributed by atoms with Gasteiger partial charge in [0.25, 0.3) is 5.88 Å². The Morgan fingerprint density at radius 2 is 1.97 bits per heavy atom. The normalized spacial score (nSPS) is 15.4. The van der Waals surface area contributed by atoms with Crippen LogP contribution in [0.15, 0.2) is 35.6 Å². The molecule has 8 nitrogen and oxygen atoms in total. The molecule has 9 heteroatoms. The lowest BCUT2D eigenvalue weighted by Crippen LogP contribution is -2.31. The van der Waals surface area contributed by atoms with Crippen LogP contribution in [-0.4, -0.2) is 51.8 Å². The smallest absolute Gasteiger partial charge is 0.263 e. The number of likely N-dealkylation sites (tertiary alicyclic amines) is 1. The van der Waals surface area contributed by atoms with Crippen molar-refractivity contribution < 1.29 is 4.74 Å². The molecule has 1 aromatic carbocycles. The number of piperidine rings is 1. The first kappa shape index (κ1) is 21.6. The lowest BCUT2D eigenvalue weighted by atomic mass is 10.0. The molecule has 0 unspecified atom stereocenters. The van der Waals surface area contributed by atoms with E-state index < -0.39 is 0 Å². The Labute approximate surface area is 187 Å². The van der Waals surface area contributed by atoms with Crippen LogP contribution in [0.25, 0.3) is 11.3 Å². The predicted molar refractivity (Wildman–Crippen MR) is 124 cm³/mol. The number of aromatic nitrogens is 4. The quantitative estimate of drug-likeness (QED) is 0.560. The number of aryl methyl sites for hydroxylation is 1. The van der Waals surface area contributed by atoms with Gasteiger partial charge in [0.05, 0.1) is 30.3 Å². The number of anilines is 1. The molecule has 31 heavy (non-hydrogen) atoms. The first-order chi connectivity index (χ1) is 14.9. The molecule has 0 spiro atoms. The van der Waals surface area contributed by atoms with Crippen LogP contribution in [0.2, 0.25) is 0 Å². The second kappa shape index (κ2) is 9.25. The number of hydrogen-bond acceptors (Lipinski definition) is 8. The third-order valence-electron chi connectivity index (χ3n) is 5.75. The third-order valence-corrected chi connectivity index (χ3v) is 6.60. The Morgan fingerprint density at radius 3 is 2.71 bits per heavy atom. The van der Waals surface area contributed by atoms with Crippen molar-refractivity contribution in [2.45, 2.75) is 37.6 Å². The number of benzene rings is 1. The monoisotopic (exact) mass is 439 g/mol. The van der Waals surface area contributed by atoms with E-state index in [9.17, 15) is 0 Å². The molecule has 0 aliphatic carbocycles. The van der Waals surface area contributed by atoms with Crippen molar-refractivity contribution in [1.29, 1.82) is 0 Å². The van der Waals surface area contributed by atoms with E-state index in [0.29, 0.717) is 23.4 Å². The average molecular weight is 440 g/mol. The Morgan fingerprint density at radius 1 is 1.19 bits per heavy atom. The van der Waals surface area contributed by atoms with Gasteiger partial charge in [-0.25, -0.2) is 9.97 Å². The summed E-state index contributed by atoms with van der Waals surface area (Å²) in [6.07, 6.45) is 7.47. The highest BCUT2D eigenvalue weighted by Gasteiger charge is 2.20. The number of nitrogen functional groups attached to an aromatic ring is 1. The fourth-order valence-electron chi connectivity index (χ4n) is 3.73. The first-order valence-corrected chi connectivity index (χ1v) is 11.2. The van der Waals surface area contributed by atoms with Crippen molar-refractivity contribution in [1.82, 2.24) is 29.4 Å². The Hall–Kier alpha value is -2.62. The zero-order valence-electron chi connectivity index (χ0n) is 18.4. The van der Waals surface area contributed by atoms with Crippen molar-refractivity contribution in [3.05, 3.63) is 41.9 Å². The average Bonchev–Trinajstić information content (AvgIpc) is 3.22. The minimum absolute atomic E-state index is 0.254. The molecule has 0 amide bonds. The molecule has 2 aromatic heterocycles. The molecule has 1 saturated heterocycles. The molecule has 3 N–H and O–H groups in total. The summed E-state index contributed by atoms with van der Waals surface area (Å²) in [6, 6.07) is 4.60. The van der Waals surface area contributed by atoms with Gasteiger partial charge in [-0.1, -0.05) is 0 Å². The van der Waals surface area contributed by atoms with E-state index in [1.165, 1.54) is 11.1 Å². The second-order valence-electron chi connectivity index (χ2n) is 7.96. The molecule has 4 rings (SSSR count). The number of ether oxygens (including phenoxy) is 1. The number of nitrogens with zero attached hydrogens (tertiary/aromatic N) is 5. The molecule has 0 saturated carbocycles. The summed E-state index contributed by atoms with van der Waals surface area (Å²) in [4.78, 5) is 12.5. The Bertz CT molecular complexity index is 1060. The van der Waals surface area contributed by atoms with Crippen molar-refractivity contribution in [3.8, 4) is 22.9 Å². The minimum Gasteiger partial charge on any atom is -0.433 e. The zero-order valence-corrected chi connectivity index (χ0v) is 19.2. The molecule has 0 atom stereocenters. The summed E-state index contributed by atoms with van der Waals surface area (Å²) < 4.78 is 11.1. The van der Waals surface area contributed by atoms with Gasteiger partial charge in [-0.15, -0.1) is 0 Å². The van der Waals surface area contributed by atoms with Crippen LogP contribution in [0.1, 0.15) is 30.0 Å². The SMILES string of the molecule is CNSc1cc(-c2cnc(N)c(Oc3cnn(C4CCN(C)CC4)c3)n2)cc(C)c1C.